The minimum Gasteiger partial charge on any atom is -0.302 e. The van der Waals surface area contributed by atoms with E-state index in [-0.39, 0.29) is 5.54 Å². The summed E-state index contributed by atoms with van der Waals surface area (Å²) >= 11 is 0. The Morgan fingerprint density at radius 3 is 2.77 bits per heavy atom. The number of hydrogen-bond acceptors (Lipinski definition) is 3. The molecular formula is C10H13N3. The minimum atomic E-state index is 0.143. The summed E-state index contributed by atoms with van der Waals surface area (Å²) in [5.74, 6) is 0.992. The number of aromatic nitrogens is 2. The van der Waals surface area contributed by atoms with Crippen LogP contribution in [0.4, 0.5) is 0 Å². The molecule has 1 N–H and O–H groups in total. The SMILES string of the molecule is c1cnc(C23CCCC(C2)N3)nc1. The first-order valence-electron chi connectivity index (χ1n) is 4.94. The first-order valence-corrected chi connectivity index (χ1v) is 4.94. The number of fused-ring (bicyclic) bond motifs is 2. The van der Waals surface area contributed by atoms with Crippen LogP contribution in [-0.2, 0) is 5.54 Å². The molecule has 0 radical (unpaired) electrons. The molecule has 13 heavy (non-hydrogen) atoms. The standard InChI is InChI=1S/C10H13N3/c1-3-8-7-10(4-1,13-8)9-11-5-2-6-12-9/h2,5-6,8,13H,1,3-4,7H2. The first kappa shape index (κ1) is 7.44. The Hall–Kier alpha value is -0.960. The van der Waals surface area contributed by atoms with E-state index in [1.807, 2.05) is 18.5 Å². The normalized spacial score (nSPS) is 36.8. The Kier molecular flexibility index (Phi) is 1.44. The summed E-state index contributed by atoms with van der Waals surface area (Å²) in [6.07, 6.45) is 8.75. The van der Waals surface area contributed by atoms with Gasteiger partial charge in [-0.1, -0.05) is 0 Å². The fraction of sp³-hybridized carbons (Fsp3) is 0.600. The molecule has 3 nitrogen and oxygen atoms in total. The molecule has 3 fully saturated rings. The van der Waals surface area contributed by atoms with Crippen molar-refractivity contribution in [1.82, 2.24) is 15.3 Å². The largest absolute Gasteiger partial charge is 0.302 e. The monoisotopic (exact) mass is 175 g/mol. The molecule has 4 rings (SSSR count). The van der Waals surface area contributed by atoms with Gasteiger partial charge in [-0.3, -0.25) is 0 Å². The second-order valence-electron chi connectivity index (χ2n) is 4.09. The van der Waals surface area contributed by atoms with Gasteiger partial charge in [0, 0.05) is 18.4 Å². The zero-order chi connectivity index (χ0) is 8.73. The fourth-order valence-corrected chi connectivity index (χ4v) is 2.60. The second-order valence-corrected chi connectivity index (χ2v) is 4.09. The molecular weight excluding hydrogens is 162 g/mol. The molecule has 3 heterocycles. The van der Waals surface area contributed by atoms with Gasteiger partial charge in [-0.2, -0.15) is 0 Å². The van der Waals surface area contributed by atoms with Gasteiger partial charge in [-0.15, -0.1) is 0 Å². The zero-order valence-electron chi connectivity index (χ0n) is 7.53. The van der Waals surface area contributed by atoms with Crippen LogP contribution in [0.1, 0.15) is 31.5 Å². The molecule has 0 amide bonds. The Balaban J connectivity index is 1.93. The highest BCUT2D eigenvalue weighted by Crippen LogP contribution is 2.43. The van der Waals surface area contributed by atoms with E-state index in [1.165, 1.54) is 25.7 Å². The summed E-state index contributed by atoms with van der Waals surface area (Å²) in [5.41, 5.74) is 0.143. The van der Waals surface area contributed by atoms with Gasteiger partial charge >= 0.3 is 0 Å². The average Bonchev–Trinajstić information content (AvgIpc) is 2.19. The van der Waals surface area contributed by atoms with Gasteiger partial charge in [0.15, 0.2) is 0 Å². The van der Waals surface area contributed by atoms with Crippen molar-refractivity contribution in [2.75, 3.05) is 0 Å². The quantitative estimate of drug-likeness (QED) is 0.697. The maximum Gasteiger partial charge on any atom is 0.148 e. The Morgan fingerprint density at radius 1 is 1.38 bits per heavy atom. The molecule has 1 saturated carbocycles. The van der Waals surface area contributed by atoms with E-state index in [2.05, 4.69) is 15.3 Å². The van der Waals surface area contributed by atoms with E-state index in [4.69, 9.17) is 0 Å². The van der Waals surface area contributed by atoms with E-state index < -0.39 is 0 Å². The molecule has 3 aliphatic rings. The summed E-state index contributed by atoms with van der Waals surface area (Å²) in [4.78, 5) is 8.68. The topological polar surface area (TPSA) is 37.8 Å². The Labute approximate surface area is 77.6 Å². The van der Waals surface area contributed by atoms with Crippen LogP contribution in [0.3, 0.4) is 0 Å². The Morgan fingerprint density at radius 2 is 2.15 bits per heavy atom. The fourth-order valence-electron chi connectivity index (χ4n) is 2.60. The maximum absolute atomic E-state index is 4.34. The van der Waals surface area contributed by atoms with Crippen LogP contribution >= 0.6 is 0 Å². The van der Waals surface area contributed by atoms with Crippen molar-refractivity contribution in [2.45, 2.75) is 37.3 Å². The van der Waals surface area contributed by atoms with Crippen LogP contribution in [0.5, 0.6) is 0 Å². The third-order valence-corrected chi connectivity index (χ3v) is 3.23. The Bertz CT molecular complexity index is 298. The molecule has 2 bridgehead atoms. The van der Waals surface area contributed by atoms with Crippen LogP contribution < -0.4 is 5.32 Å². The molecule has 1 aromatic heterocycles. The predicted octanol–water partition coefficient (Wildman–Crippen LogP) is 1.22. The third-order valence-electron chi connectivity index (χ3n) is 3.23. The van der Waals surface area contributed by atoms with Gasteiger partial charge in [-0.05, 0) is 31.7 Å². The molecule has 2 aliphatic heterocycles. The molecule has 68 valence electrons. The van der Waals surface area contributed by atoms with E-state index in [0.717, 1.165) is 11.9 Å². The number of nitrogens with zero attached hydrogens (tertiary/aromatic N) is 2. The van der Waals surface area contributed by atoms with E-state index in [0.29, 0.717) is 0 Å². The van der Waals surface area contributed by atoms with E-state index >= 15 is 0 Å². The van der Waals surface area contributed by atoms with Gasteiger partial charge in [0.25, 0.3) is 0 Å². The van der Waals surface area contributed by atoms with Gasteiger partial charge in [0.2, 0.25) is 0 Å². The van der Waals surface area contributed by atoms with Gasteiger partial charge < -0.3 is 5.32 Å². The number of hydrogen-bond donors (Lipinski definition) is 1. The highest BCUT2D eigenvalue weighted by atomic mass is 15.2. The maximum atomic E-state index is 4.34. The van der Waals surface area contributed by atoms with E-state index in [9.17, 15) is 0 Å². The highest BCUT2D eigenvalue weighted by molar-refractivity contribution is 5.16. The lowest BCUT2D eigenvalue weighted by molar-refractivity contribution is 0.0605. The summed E-state index contributed by atoms with van der Waals surface area (Å²) < 4.78 is 0. The summed E-state index contributed by atoms with van der Waals surface area (Å²) in [6, 6.07) is 2.61. The van der Waals surface area contributed by atoms with Crippen molar-refractivity contribution in [1.29, 1.82) is 0 Å². The van der Waals surface area contributed by atoms with Crippen molar-refractivity contribution in [3.8, 4) is 0 Å². The lowest BCUT2D eigenvalue weighted by atomic mass is 9.70. The minimum absolute atomic E-state index is 0.143. The van der Waals surface area contributed by atoms with Crippen LogP contribution in [0, 0.1) is 0 Å². The van der Waals surface area contributed by atoms with Gasteiger partial charge in [-0.25, -0.2) is 9.97 Å². The number of nitrogens with one attached hydrogen (secondary N) is 1. The van der Waals surface area contributed by atoms with Gasteiger partial charge in [0.05, 0.1) is 5.54 Å². The summed E-state index contributed by atoms with van der Waals surface area (Å²) in [6.45, 7) is 0. The predicted molar refractivity (Wildman–Crippen MR) is 49.1 cm³/mol. The highest BCUT2D eigenvalue weighted by Gasteiger charge is 2.49. The molecule has 1 aliphatic carbocycles. The van der Waals surface area contributed by atoms with Crippen molar-refractivity contribution >= 4 is 0 Å². The molecule has 1 aromatic rings. The number of rotatable bonds is 1. The smallest absolute Gasteiger partial charge is 0.148 e. The molecule has 2 saturated heterocycles. The number of piperidine rings is 1. The first-order chi connectivity index (χ1) is 6.39. The average molecular weight is 175 g/mol. The summed E-state index contributed by atoms with van der Waals surface area (Å²) in [7, 11) is 0. The van der Waals surface area contributed by atoms with Crippen molar-refractivity contribution < 1.29 is 0 Å². The lowest BCUT2D eigenvalue weighted by Crippen LogP contribution is -2.64. The van der Waals surface area contributed by atoms with Crippen molar-refractivity contribution in [2.24, 2.45) is 0 Å². The zero-order valence-corrected chi connectivity index (χ0v) is 7.53. The van der Waals surface area contributed by atoms with Crippen LogP contribution in [-0.4, -0.2) is 16.0 Å². The van der Waals surface area contributed by atoms with Crippen LogP contribution in [0.25, 0.3) is 0 Å². The third kappa shape index (κ3) is 1.000. The molecule has 3 heteroatoms. The molecule has 0 aromatic carbocycles. The molecule has 2 atom stereocenters. The van der Waals surface area contributed by atoms with Crippen LogP contribution in [0.2, 0.25) is 0 Å². The van der Waals surface area contributed by atoms with Crippen molar-refractivity contribution in [3.63, 3.8) is 0 Å². The lowest BCUT2D eigenvalue weighted by Gasteiger charge is -2.52. The molecule has 2 unspecified atom stereocenters. The van der Waals surface area contributed by atoms with Crippen molar-refractivity contribution in [3.05, 3.63) is 24.3 Å². The van der Waals surface area contributed by atoms with Crippen LogP contribution in [0.15, 0.2) is 18.5 Å². The van der Waals surface area contributed by atoms with E-state index in [1.54, 1.807) is 0 Å². The van der Waals surface area contributed by atoms with Gasteiger partial charge in [0.1, 0.15) is 5.82 Å². The summed E-state index contributed by atoms with van der Waals surface area (Å²) in [5, 5.41) is 3.58. The molecule has 0 spiro atoms. The second kappa shape index (κ2) is 2.51.